The minimum absolute atomic E-state index is 0.234. The topological polar surface area (TPSA) is 12.5 Å². The smallest absolute Gasteiger partial charge is 0.119 e. The number of nitrogens with zero attached hydrogens (tertiary/aromatic N) is 1. The standard InChI is InChI=1S/C11H17NO/c1-10(9-12(2)3)13-11-7-5-4-6-8-11/h4-8,10H,9H2,1-3H3. The SMILES string of the molecule is CC(CN(C)C)Oc1ccccc1. The molecule has 0 aliphatic rings. The van der Waals surface area contributed by atoms with E-state index in [9.17, 15) is 0 Å². The van der Waals surface area contributed by atoms with Crippen molar-refractivity contribution in [3.8, 4) is 5.75 Å². The molecule has 0 bridgehead atoms. The van der Waals surface area contributed by atoms with Crippen molar-refractivity contribution in [3.63, 3.8) is 0 Å². The third-order valence-electron chi connectivity index (χ3n) is 1.70. The number of ether oxygens (including phenoxy) is 1. The summed E-state index contributed by atoms with van der Waals surface area (Å²) in [6.07, 6.45) is 0.234. The van der Waals surface area contributed by atoms with Gasteiger partial charge in [-0.15, -0.1) is 0 Å². The summed E-state index contributed by atoms with van der Waals surface area (Å²) in [6, 6.07) is 9.91. The normalized spacial score (nSPS) is 12.9. The van der Waals surface area contributed by atoms with Crippen molar-refractivity contribution in [2.45, 2.75) is 13.0 Å². The first-order valence-corrected chi connectivity index (χ1v) is 4.55. The van der Waals surface area contributed by atoms with Crippen molar-refractivity contribution in [2.75, 3.05) is 20.6 Å². The first-order valence-electron chi connectivity index (χ1n) is 4.55. The zero-order chi connectivity index (χ0) is 9.68. The molecule has 13 heavy (non-hydrogen) atoms. The van der Waals surface area contributed by atoms with E-state index < -0.39 is 0 Å². The number of likely N-dealkylation sites (N-methyl/N-ethyl adjacent to an activating group) is 1. The van der Waals surface area contributed by atoms with Crippen molar-refractivity contribution in [1.29, 1.82) is 0 Å². The summed E-state index contributed by atoms with van der Waals surface area (Å²) in [5.74, 6) is 0.942. The van der Waals surface area contributed by atoms with E-state index in [1.54, 1.807) is 0 Å². The lowest BCUT2D eigenvalue weighted by molar-refractivity contribution is 0.177. The highest BCUT2D eigenvalue weighted by Crippen LogP contribution is 2.10. The molecule has 1 atom stereocenters. The fourth-order valence-corrected chi connectivity index (χ4v) is 1.28. The van der Waals surface area contributed by atoms with Crippen LogP contribution in [-0.2, 0) is 0 Å². The second kappa shape index (κ2) is 4.87. The Balaban J connectivity index is 2.41. The Hall–Kier alpha value is -1.02. The van der Waals surface area contributed by atoms with Crippen LogP contribution < -0.4 is 4.74 Å². The molecule has 0 N–H and O–H groups in total. The molecule has 0 spiro atoms. The van der Waals surface area contributed by atoms with Crippen LogP contribution in [0.2, 0.25) is 0 Å². The Morgan fingerprint density at radius 3 is 2.38 bits per heavy atom. The van der Waals surface area contributed by atoms with Gasteiger partial charge in [0, 0.05) is 6.54 Å². The van der Waals surface area contributed by atoms with E-state index in [4.69, 9.17) is 4.74 Å². The number of hydrogen-bond acceptors (Lipinski definition) is 2. The summed E-state index contributed by atoms with van der Waals surface area (Å²) >= 11 is 0. The number of benzene rings is 1. The van der Waals surface area contributed by atoms with Crippen LogP contribution in [0.1, 0.15) is 6.92 Å². The fourth-order valence-electron chi connectivity index (χ4n) is 1.28. The van der Waals surface area contributed by atoms with Crippen LogP contribution >= 0.6 is 0 Å². The van der Waals surface area contributed by atoms with Crippen LogP contribution in [-0.4, -0.2) is 31.6 Å². The third-order valence-corrected chi connectivity index (χ3v) is 1.70. The molecular weight excluding hydrogens is 162 g/mol. The van der Waals surface area contributed by atoms with E-state index in [1.807, 2.05) is 44.4 Å². The average molecular weight is 179 g/mol. The third kappa shape index (κ3) is 3.95. The average Bonchev–Trinajstić information content (AvgIpc) is 2.04. The van der Waals surface area contributed by atoms with Crippen LogP contribution in [0.5, 0.6) is 5.75 Å². The van der Waals surface area contributed by atoms with Crippen LogP contribution in [0.4, 0.5) is 0 Å². The Bertz CT molecular complexity index is 233. The van der Waals surface area contributed by atoms with Crippen LogP contribution in [0.15, 0.2) is 30.3 Å². The molecule has 0 saturated carbocycles. The molecule has 0 saturated heterocycles. The number of hydrogen-bond donors (Lipinski definition) is 0. The van der Waals surface area contributed by atoms with Crippen LogP contribution in [0, 0.1) is 0 Å². The lowest BCUT2D eigenvalue weighted by Crippen LogP contribution is -2.27. The predicted molar refractivity (Wildman–Crippen MR) is 55.1 cm³/mol. The van der Waals surface area contributed by atoms with Crippen molar-refractivity contribution >= 4 is 0 Å². The Labute approximate surface area is 80.1 Å². The molecule has 1 aromatic carbocycles. The van der Waals surface area contributed by atoms with Crippen molar-refractivity contribution in [2.24, 2.45) is 0 Å². The summed E-state index contributed by atoms with van der Waals surface area (Å²) in [7, 11) is 4.09. The highest BCUT2D eigenvalue weighted by Gasteiger charge is 2.03. The maximum absolute atomic E-state index is 5.68. The highest BCUT2D eigenvalue weighted by molar-refractivity contribution is 5.21. The minimum Gasteiger partial charge on any atom is -0.489 e. The van der Waals surface area contributed by atoms with Gasteiger partial charge < -0.3 is 9.64 Å². The molecule has 1 rings (SSSR count). The molecule has 0 aromatic heterocycles. The Kier molecular flexibility index (Phi) is 3.77. The zero-order valence-corrected chi connectivity index (χ0v) is 8.53. The van der Waals surface area contributed by atoms with Gasteiger partial charge in [0.15, 0.2) is 0 Å². The summed E-state index contributed by atoms with van der Waals surface area (Å²) in [6.45, 7) is 3.02. The van der Waals surface area contributed by atoms with Gasteiger partial charge in [0.05, 0.1) is 0 Å². The van der Waals surface area contributed by atoms with E-state index in [0.717, 1.165) is 12.3 Å². The van der Waals surface area contributed by atoms with E-state index in [2.05, 4.69) is 11.8 Å². The summed E-state index contributed by atoms with van der Waals surface area (Å²) in [5.41, 5.74) is 0. The van der Waals surface area contributed by atoms with Gasteiger partial charge in [-0.2, -0.15) is 0 Å². The van der Waals surface area contributed by atoms with Gasteiger partial charge in [0.2, 0.25) is 0 Å². The minimum atomic E-state index is 0.234. The van der Waals surface area contributed by atoms with E-state index >= 15 is 0 Å². The molecule has 0 aliphatic carbocycles. The van der Waals surface area contributed by atoms with E-state index in [0.29, 0.717) is 0 Å². The van der Waals surface area contributed by atoms with E-state index in [-0.39, 0.29) is 6.10 Å². The molecule has 72 valence electrons. The van der Waals surface area contributed by atoms with Crippen molar-refractivity contribution in [1.82, 2.24) is 4.90 Å². The van der Waals surface area contributed by atoms with Crippen molar-refractivity contribution in [3.05, 3.63) is 30.3 Å². The maximum atomic E-state index is 5.68. The summed E-state index contributed by atoms with van der Waals surface area (Å²) < 4.78 is 5.68. The first kappa shape index (κ1) is 10.1. The quantitative estimate of drug-likeness (QED) is 0.701. The van der Waals surface area contributed by atoms with Crippen molar-refractivity contribution < 1.29 is 4.74 Å². The molecule has 0 heterocycles. The van der Waals surface area contributed by atoms with E-state index in [1.165, 1.54) is 0 Å². The van der Waals surface area contributed by atoms with Gasteiger partial charge in [-0.1, -0.05) is 18.2 Å². The molecule has 0 fully saturated rings. The summed E-state index contributed by atoms with van der Waals surface area (Å²) in [5, 5.41) is 0. The molecule has 1 unspecified atom stereocenters. The van der Waals surface area contributed by atoms with Crippen LogP contribution in [0.25, 0.3) is 0 Å². The van der Waals surface area contributed by atoms with Gasteiger partial charge in [-0.25, -0.2) is 0 Å². The molecule has 0 radical (unpaired) electrons. The number of rotatable bonds is 4. The molecule has 0 amide bonds. The molecule has 2 heteroatoms. The van der Waals surface area contributed by atoms with Gasteiger partial charge in [-0.05, 0) is 33.2 Å². The Morgan fingerprint density at radius 1 is 1.23 bits per heavy atom. The molecule has 0 aliphatic heterocycles. The molecule has 1 aromatic rings. The van der Waals surface area contributed by atoms with Gasteiger partial charge in [0.25, 0.3) is 0 Å². The first-order chi connectivity index (χ1) is 6.18. The monoisotopic (exact) mass is 179 g/mol. The number of para-hydroxylation sites is 1. The lowest BCUT2D eigenvalue weighted by atomic mass is 10.3. The highest BCUT2D eigenvalue weighted by atomic mass is 16.5. The molecule has 2 nitrogen and oxygen atoms in total. The predicted octanol–water partition coefficient (Wildman–Crippen LogP) is 2.02. The largest absolute Gasteiger partial charge is 0.489 e. The molecular formula is C11H17NO. The van der Waals surface area contributed by atoms with Gasteiger partial charge in [-0.3, -0.25) is 0 Å². The lowest BCUT2D eigenvalue weighted by Gasteiger charge is -2.18. The zero-order valence-electron chi connectivity index (χ0n) is 8.53. The fraction of sp³-hybridized carbons (Fsp3) is 0.455. The summed E-state index contributed by atoms with van der Waals surface area (Å²) in [4.78, 5) is 2.12. The van der Waals surface area contributed by atoms with Crippen LogP contribution in [0.3, 0.4) is 0 Å². The maximum Gasteiger partial charge on any atom is 0.119 e. The van der Waals surface area contributed by atoms with Gasteiger partial charge in [0.1, 0.15) is 11.9 Å². The second-order valence-electron chi connectivity index (χ2n) is 3.50. The Morgan fingerprint density at radius 2 is 1.85 bits per heavy atom. The van der Waals surface area contributed by atoms with Gasteiger partial charge >= 0.3 is 0 Å². The second-order valence-corrected chi connectivity index (χ2v) is 3.50.